The molecule has 4 heteroatoms. The molecule has 3 rings (SSSR count). The highest BCUT2D eigenvalue weighted by atomic mass is 16.4. The van der Waals surface area contributed by atoms with Crippen molar-refractivity contribution in [3.63, 3.8) is 0 Å². The Balaban J connectivity index is 1.72. The number of unbranched alkanes of at least 4 members (excludes halogenated alkanes) is 5. The Labute approximate surface area is 171 Å². The maximum absolute atomic E-state index is 10.5. The Morgan fingerprint density at radius 1 is 0.793 bits per heavy atom. The van der Waals surface area contributed by atoms with Gasteiger partial charge in [0.2, 0.25) is 0 Å². The third-order valence-electron chi connectivity index (χ3n) is 5.45. The molecule has 1 N–H and O–H groups in total. The van der Waals surface area contributed by atoms with Crippen LogP contribution >= 0.6 is 0 Å². The summed E-state index contributed by atoms with van der Waals surface area (Å²) in [4.78, 5) is 10.5. The molecule has 0 aliphatic heterocycles. The first kappa shape index (κ1) is 20.4. The van der Waals surface area contributed by atoms with Gasteiger partial charge in [0.15, 0.2) is 0 Å². The van der Waals surface area contributed by atoms with E-state index in [2.05, 4.69) is 24.3 Å². The van der Waals surface area contributed by atoms with Crippen LogP contribution in [0.1, 0.15) is 61.6 Å². The van der Waals surface area contributed by atoms with Gasteiger partial charge in [-0.05, 0) is 47.1 Å². The minimum Gasteiger partial charge on any atom is -0.481 e. The summed E-state index contributed by atoms with van der Waals surface area (Å²) in [6, 6.07) is 18.3. The fraction of sp³-hybridized carbons (Fsp3) is 0.320. The van der Waals surface area contributed by atoms with E-state index in [9.17, 15) is 15.3 Å². The van der Waals surface area contributed by atoms with E-state index >= 15 is 0 Å². The average molecular weight is 384 g/mol. The zero-order valence-corrected chi connectivity index (χ0v) is 16.4. The number of hydrogen-bond acceptors (Lipinski definition) is 3. The highest BCUT2D eigenvalue weighted by molar-refractivity contribution is 6.04. The Hall–Kier alpha value is -3.37. The van der Waals surface area contributed by atoms with Crippen molar-refractivity contribution in [3.05, 3.63) is 64.7 Å². The third kappa shape index (κ3) is 4.55. The van der Waals surface area contributed by atoms with E-state index in [1.165, 1.54) is 5.56 Å². The van der Waals surface area contributed by atoms with E-state index in [1.54, 1.807) is 0 Å². The van der Waals surface area contributed by atoms with Gasteiger partial charge in [0.1, 0.15) is 17.7 Å². The fourth-order valence-electron chi connectivity index (χ4n) is 4.10. The number of benzene rings is 2. The topological polar surface area (TPSA) is 84.9 Å². The van der Waals surface area contributed by atoms with Crippen LogP contribution in [0.15, 0.2) is 48.0 Å². The summed E-state index contributed by atoms with van der Waals surface area (Å²) in [6.45, 7) is 0. The van der Waals surface area contributed by atoms with Crippen molar-refractivity contribution < 1.29 is 9.90 Å². The second-order valence-electron chi connectivity index (χ2n) is 7.37. The molecule has 1 aliphatic carbocycles. The fourth-order valence-corrected chi connectivity index (χ4v) is 4.10. The van der Waals surface area contributed by atoms with E-state index in [0.717, 1.165) is 72.8 Å². The van der Waals surface area contributed by atoms with Gasteiger partial charge in [-0.1, -0.05) is 68.1 Å². The van der Waals surface area contributed by atoms with Crippen molar-refractivity contribution in [1.29, 1.82) is 10.5 Å². The second kappa shape index (κ2) is 9.71. The number of aryl methyl sites for hydroxylation is 1. The van der Waals surface area contributed by atoms with E-state index in [1.807, 2.05) is 30.3 Å². The van der Waals surface area contributed by atoms with Gasteiger partial charge < -0.3 is 5.11 Å². The highest BCUT2D eigenvalue weighted by Gasteiger charge is 2.27. The molecule has 0 saturated carbocycles. The van der Waals surface area contributed by atoms with Crippen LogP contribution in [0.4, 0.5) is 0 Å². The first-order chi connectivity index (χ1) is 14.2. The zero-order valence-electron chi connectivity index (χ0n) is 16.4. The number of carbonyl (C=O) groups is 1. The summed E-state index contributed by atoms with van der Waals surface area (Å²) in [6.07, 6.45) is 7.32. The predicted molar refractivity (Wildman–Crippen MR) is 113 cm³/mol. The molecule has 29 heavy (non-hydrogen) atoms. The lowest BCUT2D eigenvalue weighted by molar-refractivity contribution is -0.137. The number of aliphatic carboxylic acids is 1. The number of nitrogens with zero attached hydrogens (tertiary/aromatic N) is 2. The van der Waals surface area contributed by atoms with Gasteiger partial charge in [-0.25, -0.2) is 0 Å². The maximum Gasteiger partial charge on any atom is 0.303 e. The molecule has 0 atom stereocenters. The monoisotopic (exact) mass is 384 g/mol. The SMILES string of the molecule is N#CC(C#N)=C1c2ccccc2-c2c(CCCCCCCCC(=O)O)cccc21. The van der Waals surface area contributed by atoms with E-state index in [0.29, 0.717) is 0 Å². The van der Waals surface area contributed by atoms with E-state index in [-0.39, 0.29) is 12.0 Å². The van der Waals surface area contributed by atoms with Crippen LogP contribution in [0.25, 0.3) is 16.7 Å². The summed E-state index contributed by atoms with van der Waals surface area (Å²) >= 11 is 0. The number of rotatable bonds is 9. The minimum atomic E-state index is -0.715. The Morgan fingerprint density at radius 2 is 1.41 bits per heavy atom. The van der Waals surface area contributed by atoms with Gasteiger partial charge >= 0.3 is 5.97 Å². The van der Waals surface area contributed by atoms with Gasteiger partial charge in [-0.3, -0.25) is 4.79 Å². The number of carboxylic acid groups (broad SMARTS) is 1. The molecular weight excluding hydrogens is 360 g/mol. The van der Waals surface area contributed by atoms with Crippen molar-refractivity contribution in [2.24, 2.45) is 0 Å². The van der Waals surface area contributed by atoms with E-state index < -0.39 is 5.97 Å². The van der Waals surface area contributed by atoms with Gasteiger partial charge in [0.05, 0.1) is 0 Å². The molecular formula is C25H24N2O2. The first-order valence-electron chi connectivity index (χ1n) is 10.2. The second-order valence-corrected chi connectivity index (χ2v) is 7.37. The smallest absolute Gasteiger partial charge is 0.303 e. The van der Waals surface area contributed by atoms with Crippen LogP contribution in [-0.2, 0) is 11.2 Å². The van der Waals surface area contributed by atoms with Gasteiger partial charge in [0.25, 0.3) is 0 Å². The van der Waals surface area contributed by atoms with Crippen LogP contribution in [0, 0.1) is 22.7 Å². The standard InChI is InChI=1S/C25H24N2O2/c26-16-19(17-27)25-21-13-8-7-12-20(21)24-18(11-9-14-22(24)25)10-5-3-1-2-4-6-15-23(28)29/h7-9,11-14H,1-6,10,15H2,(H,28,29). The number of carboxylic acids is 1. The molecule has 0 unspecified atom stereocenters. The van der Waals surface area contributed by atoms with Gasteiger partial charge in [-0.15, -0.1) is 0 Å². The van der Waals surface area contributed by atoms with Crippen molar-refractivity contribution in [2.75, 3.05) is 0 Å². The molecule has 146 valence electrons. The van der Waals surface area contributed by atoms with Crippen molar-refractivity contribution in [2.45, 2.75) is 51.4 Å². The largest absolute Gasteiger partial charge is 0.481 e. The number of nitriles is 2. The average Bonchev–Trinajstić information content (AvgIpc) is 3.06. The molecule has 0 spiro atoms. The summed E-state index contributed by atoms with van der Waals surface area (Å²) < 4.78 is 0. The summed E-state index contributed by atoms with van der Waals surface area (Å²) in [5, 5.41) is 27.5. The number of allylic oxidation sites excluding steroid dienone is 1. The zero-order chi connectivity index (χ0) is 20.6. The van der Waals surface area contributed by atoms with Crippen LogP contribution in [0.3, 0.4) is 0 Å². The first-order valence-corrected chi connectivity index (χ1v) is 10.2. The Morgan fingerprint density at radius 3 is 2.10 bits per heavy atom. The van der Waals surface area contributed by atoms with Crippen molar-refractivity contribution >= 4 is 11.5 Å². The molecule has 0 amide bonds. The van der Waals surface area contributed by atoms with Crippen molar-refractivity contribution in [3.8, 4) is 23.3 Å². The van der Waals surface area contributed by atoms with Crippen LogP contribution in [0.5, 0.6) is 0 Å². The molecule has 0 saturated heterocycles. The highest BCUT2D eigenvalue weighted by Crippen LogP contribution is 2.47. The van der Waals surface area contributed by atoms with E-state index in [4.69, 9.17) is 5.11 Å². The molecule has 4 nitrogen and oxygen atoms in total. The van der Waals surface area contributed by atoms with Gasteiger partial charge in [-0.2, -0.15) is 10.5 Å². The molecule has 0 radical (unpaired) electrons. The predicted octanol–water partition coefficient (Wildman–Crippen LogP) is 5.87. The molecule has 1 aliphatic rings. The van der Waals surface area contributed by atoms with Crippen molar-refractivity contribution in [1.82, 2.24) is 0 Å². The molecule has 0 heterocycles. The third-order valence-corrected chi connectivity index (χ3v) is 5.45. The number of fused-ring (bicyclic) bond motifs is 3. The Bertz CT molecular complexity index is 1010. The number of hydrogen-bond donors (Lipinski definition) is 1. The molecule has 0 fully saturated rings. The summed E-state index contributed by atoms with van der Waals surface area (Å²) in [5.74, 6) is -0.715. The quantitative estimate of drug-likeness (QED) is 0.369. The van der Waals surface area contributed by atoms with Crippen LogP contribution in [-0.4, -0.2) is 11.1 Å². The maximum atomic E-state index is 10.5. The van der Waals surface area contributed by atoms with Crippen LogP contribution in [0.2, 0.25) is 0 Å². The summed E-state index contributed by atoms with van der Waals surface area (Å²) in [7, 11) is 0. The Kier molecular flexibility index (Phi) is 6.82. The minimum absolute atomic E-state index is 0.162. The lowest BCUT2D eigenvalue weighted by atomic mass is 9.94. The lowest BCUT2D eigenvalue weighted by Gasteiger charge is -2.10. The normalized spacial score (nSPS) is 11.3. The molecule has 2 aromatic rings. The van der Waals surface area contributed by atoms with Crippen LogP contribution < -0.4 is 0 Å². The summed E-state index contributed by atoms with van der Waals surface area (Å²) in [5.41, 5.74) is 6.37. The molecule has 0 aromatic heterocycles. The van der Waals surface area contributed by atoms with Gasteiger partial charge in [0, 0.05) is 12.0 Å². The molecule has 2 aromatic carbocycles. The lowest BCUT2D eigenvalue weighted by Crippen LogP contribution is -1.94. The molecule has 0 bridgehead atoms.